The van der Waals surface area contributed by atoms with Crippen LogP contribution in [0.2, 0.25) is 0 Å². The van der Waals surface area contributed by atoms with E-state index in [2.05, 4.69) is 47.1 Å². The van der Waals surface area contributed by atoms with E-state index in [4.69, 9.17) is 0 Å². The molecule has 1 aromatic heterocycles. The number of nitrogens with zero attached hydrogens (tertiary/aromatic N) is 3. The highest BCUT2D eigenvalue weighted by Crippen LogP contribution is 2.20. The molecule has 4 nitrogen and oxygen atoms in total. The van der Waals surface area contributed by atoms with Gasteiger partial charge in [-0.25, -0.2) is 0 Å². The first-order chi connectivity index (χ1) is 8.51. The summed E-state index contributed by atoms with van der Waals surface area (Å²) in [4.78, 5) is 9.37. The first-order valence-corrected chi connectivity index (χ1v) is 6.57. The van der Waals surface area contributed by atoms with Crippen molar-refractivity contribution in [2.45, 2.75) is 25.9 Å². The molecule has 100 valence electrons. The zero-order chi connectivity index (χ0) is 13.2. The van der Waals surface area contributed by atoms with E-state index in [1.165, 1.54) is 0 Å². The summed E-state index contributed by atoms with van der Waals surface area (Å²) in [5.41, 5.74) is 2.52. The third-order valence-corrected chi connectivity index (χ3v) is 3.89. The van der Waals surface area contributed by atoms with Gasteiger partial charge in [-0.2, -0.15) is 0 Å². The Morgan fingerprint density at radius 3 is 2.83 bits per heavy atom. The fraction of sp³-hybridized carbons (Fsp3) is 0.643. The molecule has 4 heteroatoms. The predicted molar refractivity (Wildman–Crippen MR) is 75.8 cm³/mol. The smallest absolute Gasteiger partial charge is 0.0564 e. The van der Waals surface area contributed by atoms with Gasteiger partial charge in [0, 0.05) is 50.6 Å². The molecule has 1 fully saturated rings. The second-order valence-electron chi connectivity index (χ2n) is 5.73. The van der Waals surface area contributed by atoms with Gasteiger partial charge in [-0.15, -0.1) is 0 Å². The van der Waals surface area contributed by atoms with Gasteiger partial charge in [0.25, 0.3) is 0 Å². The lowest BCUT2D eigenvalue weighted by atomic mass is 9.99. The van der Waals surface area contributed by atoms with Crippen LogP contribution in [0.15, 0.2) is 18.3 Å². The maximum atomic E-state index is 4.45. The number of anilines is 1. The van der Waals surface area contributed by atoms with E-state index < -0.39 is 0 Å². The Morgan fingerprint density at radius 1 is 1.39 bits per heavy atom. The van der Waals surface area contributed by atoms with E-state index in [1.54, 1.807) is 0 Å². The number of likely N-dealkylation sites (N-methyl/N-ethyl adjacent to an activating group) is 1. The topological polar surface area (TPSA) is 31.4 Å². The van der Waals surface area contributed by atoms with E-state index in [0.717, 1.165) is 37.6 Å². The lowest BCUT2D eigenvalue weighted by Gasteiger charge is -2.45. The fourth-order valence-electron chi connectivity index (χ4n) is 2.43. The van der Waals surface area contributed by atoms with Gasteiger partial charge in [0.2, 0.25) is 0 Å². The number of hydrogen-bond donors (Lipinski definition) is 1. The molecule has 2 heterocycles. The fourth-order valence-corrected chi connectivity index (χ4v) is 2.43. The van der Waals surface area contributed by atoms with Crippen LogP contribution < -0.4 is 5.32 Å². The van der Waals surface area contributed by atoms with Crippen LogP contribution in [0.1, 0.15) is 19.5 Å². The highest BCUT2D eigenvalue weighted by atomic mass is 15.3. The van der Waals surface area contributed by atoms with Crippen molar-refractivity contribution < 1.29 is 0 Å². The number of nitrogens with one attached hydrogen (secondary N) is 1. The maximum Gasteiger partial charge on any atom is 0.0564 e. The van der Waals surface area contributed by atoms with Crippen molar-refractivity contribution in [2.24, 2.45) is 0 Å². The largest absolute Gasteiger partial charge is 0.388 e. The molecule has 1 saturated heterocycles. The predicted octanol–water partition coefficient (Wildman–Crippen LogP) is 1.65. The van der Waals surface area contributed by atoms with Gasteiger partial charge in [0.15, 0.2) is 0 Å². The van der Waals surface area contributed by atoms with Crippen molar-refractivity contribution in [3.8, 4) is 0 Å². The third-order valence-electron chi connectivity index (χ3n) is 3.89. The zero-order valence-corrected chi connectivity index (χ0v) is 11.9. The Morgan fingerprint density at radius 2 is 2.17 bits per heavy atom. The molecule has 0 radical (unpaired) electrons. The maximum absolute atomic E-state index is 4.45. The Balaban J connectivity index is 2.01. The standard InChI is InChI=1S/C14H24N4/c1-14(2)11-18(8-7-17(14)4)10-13-9-12(15-3)5-6-16-13/h5-6,9H,7-8,10-11H2,1-4H3,(H,15,16). The molecule has 1 aliphatic rings. The van der Waals surface area contributed by atoms with E-state index in [1.807, 2.05) is 19.3 Å². The molecule has 0 amide bonds. The van der Waals surface area contributed by atoms with Crippen LogP contribution in [0.5, 0.6) is 0 Å². The molecule has 0 aliphatic carbocycles. The van der Waals surface area contributed by atoms with Crippen molar-refractivity contribution >= 4 is 5.69 Å². The highest BCUT2D eigenvalue weighted by molar-refractivity contribution is 5.42. The second kappa shape index (κ2) is 5.24. The van der Waals surface area contributed by atoms with Gasteiger partial charge in [-0.05, 0) is 33.0 Å². The van der Waals surface area contributed by atoms with Gasteiger partial charge in [-0.3, -0.25) is 14.8 Å². The summed E-state index contributed by atoms with van der Waals surface area (Å²) >= 11 is 0. The van der Waals surface area contributed by atoms with Crippen LogP contribution in [-0.4, -0.2) is 54.1 Å². The summed E-state index contributed by atoms with van der Waals surface area (Å²) in [6.07, 6.45) is 1.88. The van der Waals surface area contributed by atoms with Gasteiger partial charge >= 0.3 is 0 Å². The zero-order valence-electron chi connectivity index (χ0n) is 11.9. The van der Waals surface area contributed by atoms with Crippen LogP contribution in [0, 0.1) is 0 Å². The van der Waals surface area contributed by atoms with Crippen molar-refractivity contribution in [3.63, 3.8) is 0 Å². The van der Waals surface area contributed by atoms with Gasteiger partial charge in [-0.1, -0.05) is 0 Å². The summed E-state index contributed by atoms with van der Waals surface area (Å²) in [7, 11) is 4.15. The number of pyridine rings is 1. The monoisotopic (exact) mass is 248 g/mol. The molecular weight excluding hydrogens is 224 g/mol. The summed E-state index contributed by atoms with van der Waals surface area (Å²) < 4.78 is 0. The lowest BCUT2D eigenvalue weighted by Crippen LogP contribution is -2.57. The van der Waals surface area contributed by atoms with Crippen molar-refractivity contribution in [1.29, 1.82) is 0 Å². The van der Waals surface area contributed by atoms with Crippen molar-refractivity contribution in [1.82, 2.24) is 14.8 Å². The number of aromatic nitrogens is 1. The second-order valence-corrected chi connectivity index (χ2v) is 5.73. The molecule has 0 spiro atoms. The van der Waals surface area contributed by atoms with Crippen LogP contribution >= 0.6 is 0 Å². The quantitative estimate of drug-likeness (QED) is 0.881. The first-order valence-electron chi connectivity index (χ1n) is 6.57. The van der Waals surface area contributed by atoms with Gasteiger partial charge in [0.1, 0.15) is 0 Å². The van der Waals surface area contributed by atoms with Gasteiger partial charge in [0.05, 0.1) is 5.69 Å². The summed E-state index contributed by atoms with van der Waals surface area (Å²) in [6, 6.07) is 4.13. The summed E-state index contributed by atoms with van der Waals surface area (Å²) in [5.74, 6) is 0. The van der Waals surface area contributed by atoms with E-state index >= 15 is 0 Å². The molecule has 0 atom stereocenters. The molecular formula is C14H24N4. The minimum Gasteiger partial charge on any atom is -0.388 e. The molecule has 0 bridgehead atoms. The minimum atomic E-state index is 0.249. The molecule has 1 aliphatic heterocycles. The van der Waals surface area contributed by atoms with Crippen molar-refractivity contribution in [2.75, 3.05) is 39.0 Å². The van der Waals surface area contributed by atoms with E-state index in [0.29, 0.717) is 0 Å². The molecule has 2 rings (SSSR count). The summed E-state index contributed by atoms with van der Waals surface area (Å²) in [5, 5.41) is 3.16. The van der Waals surface area contributed by atoms with E-state index in [9.17, 15) is 0 Å². The van der Waals surface area contributed by atoms with Crippen LogP contribution in [0.4, 0.5) is 5.69 Å². The minimum absolute atomic E-state index is 0.249. The average molecular weight is 248 g/mol. The van der Waals surface area contributed by atoms with Gasteiger partial charge < -0.3 is 5.32 Å². The highest BCUT2D eigenvalue weighted by Gasteiger charge is 2.30. The molecule has 0 aromatic carbocycles. The Kier molecular flexibility index (Phi) is 3.88. The molecule has 0 unspecified atom stereocenters. The number of hydrogen-bond acceptors (Lipinski definition) is 4. The molecule has 18 heavy (non-hydrogen) atoms. The SMILES string of the molecule is CNc1ccnc(CN2CCN(C)C(C)(C)C2)c1. The Bertz CT molecular complexity index is 403. The Hall–Kier alpha value is -1.13. The lowest BCUT2D eigenvalue weighted by molar-refractivity contribution is 0.0354. The normalized spacial score (nSPS) is 20.9. The molecule has 1 aromatic rings. The summed E-state index contributed by atoms with van der Waals surface area (Å²) in [6.45, 7) is 8.87. The van der Waals surface area contributed by atoms with E-state index in [-0.39, 0.29) is 5.54 Å². The Labute approximate surface area is 110 Å². The number of rotatable bonds is 3. The number of piperazine rings is 1. The average Bonchev–Trinajstić information content (AvgIpc) is 2.34. The van der Waals surface area contributed by atoms with Crippen LogP contribution in [-0.2, 0) is 6.54 Å². The van der Waals surface area contributed by atoms with Crippen molar-refractivity contribution in [3.05, 3.63) is 24.0 Å². The molecule has 1 N–H and O–H groups in total. The first kappa shape index (κ1) is 13.3. The van der Waals surface area contributed by atoms with Crippen LogP contribution in [0.25, 0.3) is 0 Å². The third kappa shape index (κ3) is 3.00. The van der Waals surface area contributed by atoms with Crippen LogP contribution in [0.3, 0.4) is 0 Å². The molecule has 0 saturated carbocycles.